The van der Waals surface area contributed by atoms with Crippen LogP contribution in [-0.2, 0) is 11.8 Å². The number of aliphatic hydroxyl groups excluding tert-OH is 1. The van der Waals surface area contributed by atoms with Crippen molar-refractivity contribution in [2.24, 2.45) is 13.0 Å². The molecule has 1 saturated heterocycles. The number of anilines is 1. The quantitative estimate of drug-likeness (QED) is 0.759. The van der Waals surface area contributed by atoms with Gasteiger partial charge in [0.2, 0.25) is 5.91 Å². The number of hydrogen-bond donors (Lipinski definition) is 2. The lowest BCUT2D eigenvalue weighted by Gasteiger charge is -2.41. The number of carbonyl (C=O) groups excluding carboxylic acids is 1. The SMILES string of the molecule is CC(C)CN1CCN(CC(=O)Nc2ccn(C)n2)CC1CCO. The number of hydrogen-bond acceptors (Lipinski definition) is 5. The molecule has 0 radical (unpaired) electrons. The van der Waals surface area contributed by atoms with E-state index < -0.39 is 0 Å². The zero-order valence-electron chi connectivity index (χ0n) is 14.4. The molecule has 0 saturated carbocycles. The third-order valence-electron chi connectivity index (χ3n) is 4.10. The number of amides is 1. The molecule has 1 aromatic heterocycles. The summed E-state index contributed by atoms with van der Waals surface area (Å²) in [5.74, 6) is 1.15. The summed E-state index contributed by atoms with van der Waals surface area (Å²) in [6.45, 7) is 8.66. The molecule has 2 heterocycles. The standard InChI is InChI=1S/C16H29N5O2/c1-13(2)10-21-8-7-20(11-14(21)5-9-22)12-16(23)17-15-4-6-19(3)18-15/h4,6,13-14,22H,5,7-12H2,1-3H3,(H,17,18,23). The third-order valence-corrected chi connectivity index (χ3v) is 4.10. The third kappa shape index (κ3) is 5.60. The minimum atomic E-state index is -0.0382. The highest BCUT2D eigenvalue weighted by atomic mass is 16.3. The second-order valence-electron chi connectivity index (χ2n) is 6.71. The van der Waals surface area contributed by atoms with Crippen molar-refractivity contribution in [3.63, 3.8) is 0 Å². The molecule has 0 spiro atoms. The number of aromatic nitrogens is 2. The first-order chi connectivity index (χ1) is 11.0. The van der Waals surface area contributed by atoms with E-state index in [-0.39, 0.29) is 12.5 Å². The summed E-state index contributed by atoms with van der Waals surface area (Å²) in [4.78, 5) is 16.7. The van der Waals surface area contributed by atoms with Gasteiger partial charge in [-0.1, -0.05) is 13.8 Å². The number of aliphatic hydroxyl groups is 1. The van der Waals surface area contributed by atoms with Crippen LogP contribution in [0.1, 0.15) is 20.3 Å². The van der Waals surface area contributed by atoms with Crippen molar-refractivity contribution in [2.45, 2.75) is 26.3 Å². The Morgan fingerprint density at radius 3 is 2.87 bits per heavy atom. The number of aryl methyl sites for hydroxylation is 1. The monoisotopic (exact) mass is 323 g/mol. The van der Waals surface area contributed by atoms with Crippen LogP contribution in [0.3, 0.4) is 0 Å². The smallest absolute Gasteiger partial charge is 0.239 e. The molecule has 1 atom stereocenters. The maximum absolute atomic E-state index is 12.1. The Bertz CT molecular complexity index is 502. The lowest BCUT2D eigenvalue weighted by molar-refractivity contribution is -0.118. The van der Waals surface area contributed by atoms with Crippen molar-refractivity contribution in [1.82, 2.24) is 19.6 Å². The van der Waals surface area contributed by atoms with Crippen LogP contribution in [-0.4, -0.2) is 76.0 Å². The van der Waals surface area contributed by atoms with E-state index in [2.05, 4.69) is 34.1 Å². The second-order valence-corrected chi connectivity index (χ2v) is 6.71. The molecular formula is C16H29N5O2. The first kappa shape index (κ1) is 17.9. The highest BCUT2D eigenvalue weighted by molar-refractivity contribution is 5.91. The molecule has 1 aliphatic rings. The van der Waals surface area contributed by atoms with Gasteiger partial charge in [-0.15, -0.1) is 0 Å². The molecule has 1 aliphatic heterocycles. The van der Waals surface area contributed by atoms with Gasteiger partial charge in [0.1, 0.15) is 0 Å². The van der Waals surface area contributed by atoms with Crippen LogP contribution in [0.25, 0.3) is 0 Å². The first-order valence-corrected chi connectivity index (χ1v) is 8.34. The van der Waals surface area contributed by atoms with Gasteiger partial charge >= 0.3 is 0 Å². The van der Waals surface area contributed by atoms with Crippen molar-refractivity contribution < 1.29 is 9.90 Å². The molecule has 2 rings (SSSR count). The van der Waals surface area contributed by atoms with Gasteiger partial charge in [0.05, 0.1) is 6.54 Å². The van der Waals surface area contributed by atoms with Gasteiger partial charge in [-0.05, 0) is 12.3 Å². The van der Waals surface area contributed by atoms with Crippen LogP contribution in [0.15, 0.2) is 12.3 Å². The minimum Gasteiger partial charge on any atom is -0.396 e. The van der Waals surface area contributed by atoms with Gasteiger partial charge in [0.25, 0.3) is 0 Å². The van der Waals surface area contributed by atoms with Crippen molar-refractivity contribution in [3.05, 3.63) is 12.3 Å². The largest absolute Gasteiger partial charge is 0.396 e. The molecule has 2 N–H and O–H groups in total. The predicted octanol–water partition coefficient (Wildman–Crippen LogP) is 0.383. The Balaban J connectivity index is 1.85. The zero-order valence-corrected chi connectivity index (χ0v) is 14.4. The van der Waals surface area contributed by atoms with Gasteiger partial charge in [-0.25, -0.2) is 0 Å². The van der Waals surface area contributed by atoms with E-state index in [1.165, 1.54) is 0 Å². The molecule has 7 heteroatoms. The number of rotatable bonds is 7. The maximum Gasteiger partial charge on any atom is 0.239 e. The molecule has 0 aromatic carbocycles. The zero-order chi connectivity index (χ0) is 16.8. The maximum atomic E-state index is 12.1. The van der Waals surface area contributed by atoms with Gasteiger partial charge < -0.3 is 10.4 Å². The second kappa shape index (κ2) is 8.42. The number of carbonyl (C=O) groups is 1. The van der Waals surface area contributed by atoms with E-state index in [0.29, 0.717) is 24.3 Å². The van der Waals surface area contributed by atoms with Gasteiger partial charge in [0, 0.05) is 58.1 Å². The topological polar surface area (TPSA) is 73.6 Å². The van der Waals surface area contributed by atoms with E-state index in [1.807, 2.05) is 7.05 Å². The highest BCUT2D eigenvalue weighted by Gasteiger charge is 2.27. The average Bonchev–Trinajstić information content (AvgIpc) is 2.86. The number of nitrogens with zero attached hydrogens (tertiary/aromatic N) is 4. The van der Waals surface area contributed by atoms with Crippen LogP contribution in [0.5, 0.6) is 0 Å². The van der Waals surface area contributed by atoms with Crippen molar-refractivity contribution >= 4 is 11.7 Å². The lowest BCUT2D eigenvalue weighted by atomic mass is 10.1. The molecule has 1 amide bonds. The Morgan fingerprint density at radius 1 is 1.48 bits per heavy atom. The molecular weight excluding hydrogens is 294 g/mol. The minimum absolute atomic E-state index is 0.0382. The summed E-state index contributed by atoms with van der Waals surface area (Å²) in [6.07, 6.45) is 2.56. The Kier molecular flexibility index (Phi) is 6.56. The van der Waals surface area contributed by atoms with Crippen LogP contribution < -0.4 is 5.32 Å². The Morgan fingerprint density at radius 2 is 2.26 bits per heavy atom. The van der Waals surface area contributed by atoms with Gasteiger partial charge in [-0.2, -0.15) is 5.10 Å². The summed E-state index contributed by atoms with van der Waals surface area (Å²) in [5.41, 5.74) is 0. The van der Waals surface area contributed by atoms with Crippen LogP contribution in [0.4, 0.5) is 5.82 Å². The first-order valence-electron chi connectivity index (χ1n) is 8.34. The molecule has 130 valence electrons. The fourth-order valence-electron chi connectivity index (χ4n) is 3.10. The van der Waals surface area contributed by atoms with E-state index in [9.17, 15) is 9.90 Å². The predicted molar refractivity (Wildman–Crippen MR) is 90.2 cm³/mol. The number of nitrogens with one attached hydrogen (secondary N) is 1. The molecule has 0 bridgehead atoms. The highest BCUT2D eigenvalue weighted by Crippen LogP contribution is 2.15. The summed E-state index contributed by atoms with van der Waals surface area (Å²) in [5, 5.41) is 16.3. The average molecular weight is 323 g/mol. The summed E-state index contributed by atoms with van der Waals surface area (Å²) in [6, 6.07) is 2.10. The van der Waals surface area contributed by atoms with Crippen LogP contribution >= 0.6 is 0 Å². The number of piperazine rings is 1. The fraction of sp³-hybridized carbons (Fsp3) is 0.750. The van der Waals surface area contributed by atoms with E-state index in [4.69, 9.17) is 0 Å². The van der Waals surface area contributed by atoms with E-state index >= 15 is 0 Å². The molecule has 0 aliphatic carbocycles. The molecule has 23 heavy (non-hydrogen) atoms. The van der Waals surface area contributed by atoms with Crippen molar-refractivity contribution in [3.8, 4) is 0 Å². The fourth-order valence-corrected chi connectivity index (χ4v) is 3.10. The van der Waals surface area contributed by atoms with Crippen molar-refractivity contribution in [2.75, 3.05) is 44.6 Å². The van der Waals surface area contributed by atoms with Crippen LogP contribution in [0, 0.1) is 5.92 Å². The van der Waals surface area contributed by atoms with E-state index in [1.54, 1.807) is 16.9 Å². The lowest BCUT2D eigenvalue weighted by Crippen LogP contribution is -2.55. The summed E-state index contributed by atoms with van der Waals surface area (Å²) in [7, 11) is 1.82. The summed E-state index contributed by atoms with van der Waals surface area (Å²) < 4.78 is 1.66. The van der Waals surface area contributed by atoms with E-state index in [0.717, 1.165) is 32.6 Å². The molecule has 7 nitrogen and oxygen atoms in total. The Labute approximate surface area is 138 Å². The van der Waals surface area contributed by atoms with Crippen molar-refractivity contribution in [1.29, 1.82) is 0 Å². The molecule has 1 fully saturated rings. The normalized spacial score (nSPS) is 20.1. The van der Waals surface area contributed by atoms with Gasteiger partial charge in [0.15, 0.2) is 5.82 Å². The Hall–Kier alpha value is -1.44. The molecule has 1 unspecified atom stereocenters. The van der Waals surface area contributed by atoms with Gasteiger partial charge in [-0.3, -0.25) is 19.3 Å². The van der Waals surface area contributed by atoms with Crippen LogP contribution in [0.2, 0.25) is 0 Å². The summed E-state index contributed by atoms with van der Waals surface area (Å²) >= 11 is 0. The molecule has 1 aromatic rings.